The predicted molar refractivity (Wildman–Crippen MR) is 109 cm³/mol. The van der Waals surface area contributed by atoms with Crippen LogP contribution in [-0.4, -0.2) is 17.9 Å². The van der Waals surface area contributed by atoms with Gasteiger partial charge < -0.3 is 15.5 Å². The van der Waals surface area contributed by atoms with Crippen molar-refractivity contribution in [3.05, 3.63) is 89.9 Å². The van der Waals surface area contributed by atoms with Crippen molar-refractivity contribution < 1.29 is 13.6 Å². The smallest absolute Gasteiger partial charge is 0.257 e. The topological polar surface area (TPSA) is 57.3 Å². The lowest BCUT2D eigenvalue weighted by Gasteiger charge is -2.20. The first-order valence-corrected chi connectivity index (χ1v) is 8.99. The highest BCUT2D eigenvalue weighted by Crippen LogP contribution is 2.33. The Morgan fingerprint density at radius 2 is 2.00 bits per heavy atom. The number of nitrogens with one attached hydrogen (secondary N) is 2. The molecule has 2 heterocycles. The molecule has 7 heteroatoms. The Bertz CT molecular complexity index is 1100. The van der Waals surface area contributed by atoms with Crippen molar-refractivity contribution in [1.82, 2.24) is 4.98 Å². The lowest BCUT2D eigenvalue weighted by atomic mass is 10.1. The van der Waals surface area contributed by atoms with Crippen LogP contribution < -0.4 is 15.5 Å². The first kappa shape index (κ1) is 18.6. The molecule has 1 aliphatic heterocycles. The summed E-state index contributed by atoms with van der Waals surface area (Å²) in [6.45, 7) is 0.512. The van der Waals surface area contributed by atoms with Gasteiger partial charge in [-0.05, 0) is 42.0 Å². The summed E-state index contributed by atoms with van der Waals surface area (Å²) in [5.74, 6) is -1.32. The number of amides is 1. The highest BCUT2D eigenvalue weighted by molar-refractivity contribution is 6.31. The van der Waals surface area contributed by atoms with Crippen LogP contribution >= 0.6 is 0 Å². The van der Waals surface area contributed by atoms with E-state index in [0.717, 1.165) is 5.56 Å². The fraction of sp³-hybridized carbons (Fsp3) is 0.0909. The minimum atomic E-state index is -0.493. The SMILES string of the molecule is CN(Cc1cccnc1)c1ccc(NC=C2C(=O)Nc3cccc(F)c32)cc1F. The van der Waals surface area contributed by atoms with Crippen LogP contribution in [-0.2, 0) is 11.3 Å². The summed E-state index contributed by atoms with van der Waals surface area (Å²) in [7, 11) is 1.79. The summed E-state index contributed by atoms with van der Waals surface area (Å²) in [4.78, 5) is 18.0. The van der Waals surface area contributed by atoms with Crippen molar-refractivity contribution in [3.8, 4) is 0 Å². The molecule has 0 radical (unpaired) electrons. The first-order valence-electron chi connectivity index (χ1n) is 8.99. The Labute approximate surface area is 166 Å². The van der Waals surface area contributed by atoms with Gasteiger partial charge in [0.2, 0.25) is 0 Å². The minimum absolute atomic E-state index is 0.163. The largest absolute Gasteiger partial charge is 0.368 e. The number of anilines is 3. The highest BCUT2D eigenvalue weighted by atomic mass is 19.1. The molecule has 0 spiro atoms. The Hall–Kier alpha value is -3.74. The third-order valence-corrected chi connectivity index (χ3v) is 4.66. The molecule has 1 aliphatic rings. The number of carbonyl (C=O) groups is 1. The number of fused-ring (bicyclic) bond motifs is 1. The Morgan fingerprint density at radius 1 is 1.14 bits per heavy atom. The lowest BCUT2D eigenvalue weighted by Crippen LogP contribution is -2.17. The second-order valence-electron chi connectivity index (χ2n) is 6.70. The first-order chi connectivity index (χ1) is 14.0. The van der Waals surface area contributed by atoms with Gasteiger partial charge in [-0.25, -0.2) is 8.78 Å². The molecule has 2 N–H and O–H groups in total. The fourth-order valence-electron chi connectivity index (χ4n) is 3.26. The van der Waals surface area contributed by atoms with Crippen LogP contribution in [0.25, 0.3) is 5.57 Å². The van der Waals surface area contributed by atoms with E-state index >= 15 is 0 Å². The van der Waals surface area contributed by atoms with Gasteiger partial charge in [-0.15, -0.1) is 0 Å². The van der Waals surface area contributed by atoms with Crippen molar-refractivity contribution in [2.45, 2.75) is 6.54 Å². The number of benzene rings is 2. The lowest BCUT2D eigenvalue weighted by molar-refractivity contribution is -0.110. The molecular weight excluding hydrogens is 374 g/mol. The van der Waals surface area contributed by atoms with Gasteiger partial charge in [0.15, 0.2) is 0 Å². The van der Waals surface area contributed by atoms with Crippen molar-refractivity contribution in [2.75, 3.05) is 22.6 Å². The standard InChI is InChI=1S/C22H18F2N4O/c1-28(13-14-4-3-9-25-11-14)20-8-7-15(10-18(20)24)26-12-16-21-17(23)5-2-6-19(21)27-22(16)29/h2-12,26H,13H2,1H3,(H,27,29). The van der Waals surface area contributed by atoms with Gasteiger partial charge in [0, 0.05) is 43.4 Å². The molecule has 0 saturated carbocycles. The minimum Gasteiger partial charge on any atom is -0.368 e. The number of hydrogen-bond acceptors (Lipinski definition) is 4. The molecule has 0 unspecified atom stereocenters. The van der Waals surface area contributed by atoms with Gasteiger partial charge in [0.05, 0.1) is 16.9 Å². The van der Waals surface area contributed by atoms with Crippen LogP contribution in [0.15, 0.2) is 67.1 Å². The third kappa shape index (κ3) is 3.80. The molecule has 5 nitrogen and oxygen atoms in total. The van der Waals surface area contributed by atoms with Crippen molar-refractivity contribution in [3.63, 3.8) is 0 Å². The quantitative estimate of drug-likeness (QED) is 0.632. The van der Waals surface area contributed by atoms with Crippen LogP contribution in [0, 0.1) is 11.6 Å². The molecule has 0 bridgehead atoms. The number of hydrogen-bond donors (Lipinski definition) is 2. The fourth-order valence-corrected chi connectivity index (χ4v) is 3.26. The second kappa shape index (κ2) is 7.71. The van der Waals surface area contributed by atoms with Gasteiger partial charge in [-0.1, -0.05) is 12.1 Å². The molecule has 3 aromatic rings. The Kier molecular flexibility index (Phi) is 4.95. The summed E-state index contributed by atoms with van der Waals surface area (Å²) in [6.07, 6.45) is 4.81. The maximum atomic E-state index is 14.6. The van der Waals surface area contributed by atoms with Crippen LogP contribution in [0.5, 0.6) is 0 Å². The molecule has 29 heavy (non-hydrogen) atoms. The molecule has 0 saturated heterocycles. The summed E-state index contributed by atoms with van der Waals surface area (Å²) in [6, 6.07) is 12.9. The van der Waals surface area contributed by atoms with Crippen molar-refractivity contribution in [1.29, 1.82) is 0 Å². The van der Waals surface area contributed by atoms with Crippen LogP contribution in [0.4, 0.5) is 25.8 Å². The van der Waals surface area contributed by atoms with Gasteiger partial charge in [-0.2, -0.15) is 0 Å². The van der Waals surface area contributed by atoms with Gasteiger partial charge in [-0.3, -0.25) is 9.78 Å². The summed E-state index contributed by atoms with van der Waals surface area (Å²) in [5, 5.41) is 5.49. The molecule has 0 aliphatic carbocycles. The zero-order chi connectivity index (χ0) is 20.4. The number of aromatic nitrogens is 1. The Balaban J connectivity index is 1.52. The highest BCUT2D eigenvalue weighted by Gasteiger charge is 2.27. The van der Waals surface area contributed by atoms with Crippen molar-refractivity contribution >= 4 is 28.5 Å². The van der Waals surface area contributed by atoms with E-state index in [1.54, 1.807) is 42.5 Å². The second-order valence-corrected chi connectivity index (χ2v) is 6.70. The van der Waals surface area contributed by atoms with E-state index in [0.29, 0.717) is 23.6 Å². The normalized spacial score (nSPS) is 13.9. The number of carbonyl (C=O) groups excluding carboxylic acids is 1. The van der Waals surface area contributed by atoms with Crippen LogP contribution in [0.2, 0.25) is 0 Å². The Morgan fingerprint density at radius 3 is 2.76 bits per heavy atom. The molecule has 1 amide bonds. The number of halogens is 2. The van der Waals surface area contributed by atoms with E-state index in [2.05, 4.69) is 15.6 Å². The van der Waals surface area contributed by atoms with E-state index in [9.17, 15) is 13.6 Å². The van der Waals surface area contributed by atoms with Crippen molar-refractivity contribution in [2.24, 2.45) is 0 Å². The molecular formula is C22H18F2N4O. The zero-order valence-electron chi connectivity index (χ0n) is 15.6. The average Bonchev–Trinajstić information content (AvgIpc) is 3.03. The molecule has 2 aromatic carbocycles. The van der Waals surface area contributed by atoms with Crippen LogP contribution in [0.3, 0.4) is 0 Å². The van der Waals surface area contributed by atoms with Crippen LogP contribution in [0.1, 0.15) is 11.1 Å². The molecule has 146 valence electrons. The maximum Gasteiger partial charge on any atom is 0.257 e. The average molecular weight is 392 g/mol. The van der Waals surface area contributed by atoms with E-state index in [4.69, 9.17) is 0 Å². The van der Waals surface area contributed by atoms with Gasteiger partial charge >= 0.3 is 0 Å². The molecule has 0 atom stereocenters. The van der Waals surface area contributed by atoms with E-state index in [1.165, 1.54) is 24.4 Å². The number of pyridine rings is 1. The van der Waals surface area contributed by atoms with E-state index in [1.807, 2.05) is 12.1 Å². The molecule has 4 rings (SSSR count). The summed E-state index contributed by atoms with van der Waals surface area (Å²) < 4.78 is 28.7. The molecule has 1 aromatic heterocycles. The van der Waals surface area contributed by atoms with Gasteiger partial charge in [0.25, 0.3) is 5.91 Å². The number of nitrogens with zero attached hydrogens (tertiary/aromatic N) is 2. The predicted octanol–water partition coefficient (Wildman–Crippen LogP) is 4.40. The number of rotatable bonds is 5. The summed E-state index contributed by atoms with van der Waals surface area (Å²) in [5.41, 5.74) is 2.64. The monoisotopic (exact) mass is 392 g/mol. The van der Waals surface area contributed by atoms with E-state index < -0.39 is 17.5 Å². The third-order valence-electron chi connectivity index (χ3n) is 4.66. The van der Waals surface area contributed by atoms with Gasteiger partial charge in [0.1, 0.15) is 11.6 Å². The molecule has 0 fully saturated rings. The van der Waals surface area contributed by atoms with E-state index in [-0.39, 0.29) is 11.1 Å². The summed E-state index contributed by atoms with van der Waals surface area (Å²) >= 11 is 0. The zero-order valence-corrected chi connectivity index (χ0v) is 15.6. The maximum absolute atomic E-state index is 14.6.